The van der Waals surface area contributed by atoms with Crippen LogP contribution in [0.3, 0.4) is 0 Å². The predicted octanol–water partition coefficient (Wildman–Crippen LogP) is 5.41. The lowest BCUT2D eigenvalue weighted by Gasteiger charge is -2.41. The summed E-state index contributed by atoms with van der Waals surface area (Å²) in [5.74, 6) is 1.03. The first-order chi connectivity index (χ1) is 14.7. The van der Waals surface area contributed by atoms with Crippen molar-refractivity contribution in [1.29, 1.82) is 0 Å². The van der Waals surface area contributed by atoms with E-state index in [0.29, 0.717) is 0 Å². The number of thioether (sulfide) groups is 1. The van der Waals surface area contributed by atoms with Gasteiger partial charge in [-0.05, 0) is 35.9 Å². The molecule has 0 fully saturated rings. The van der Waals surface area contributed by atoms with Crippen molar-refractivity contribution in [2.75, 3.05) is 12.3 Å². The van der Waals surface area contributed by atoms with E-state index in [1.807, 2.05) is 30.0 Å². The molecule has 3 aromatic carbocycles. The highest BCUT2D eigenvalue weighted by atomic mass is 35.5. The number of hydrogen-bond acceptors (Lipinski definition) is 1. The normalized spacial score (nSPS) is 22.8. The molecule has 0 radical (unpaired) electrons. The molecule has 2 atom stereocenters. The fourth-order valence-electron chi connectivity index (χ4n) is 5.36. The monoisotopic (exact) mass is 435 g/mol. The van der Waals surface area contributed by atoms with Crippen molar-refractivity contribution in [3.05, 3.63) is 100.0 Å². The number of aromatic nitrogens is 1. The first-order valence-corrected chi connectivity index (χ1v) is 11.7. The van der Waals surface area contributed by atoms with Crippen LogP contribution in [0.15, 0.2) is 71.6 Å². The van der Waals surface area contributed by atoms with Crippen LogP contribution in [0.2, 0.25) is 5.02 Å². The second-order valence-corrected chi connectivity index (χ2v) is 9.73. The molecule has 0 unspecified atom stereocenters. The Bertz CT molecular complexity index is 1280. The largest absolute Gasteiger partial charge is 0.353 e. The minimum atomic E-state index is -0.297. The molecule has 6 rings (SSSR count). The van der Waals surface area contributed by atoms with E-state index in [0.717, 1.165) is 40.4 Å². The quantitative estimate of drug-likeness (QED) is 0.411. The van der Waals surface area contributed by atoms with E-state index >= 15 is 0 Å². The molecule has 0 bridgehead atoms. The van der Waals surface area contributed by atoms with E-state index in [1.165, 1.54) is 21.5 Å². The molecule has 0 saturated carbocycles. The first kappa shape index (κ1) is 18.5. The number of aromatic amines is 1. The number of nitrogens with two attached hydrogens (primary N) is 1. The third-order valence-corrected chi connectivity index (χ3v) is 8.12. The highest BCUT2D eigenvalue weighted by molar-refractivity contribution is 7.99. The summed E-state index contributed by atoms with van der Waals surface area (Å²) in [4.78, 5) is 4.93. The summed E-state index contributed by atoms with van der Waals surface area (Å²) in [6.07, 6.45) is 0.961. The van der Waals surface area contributed by atoms with E-state index in [9.17, 15) is 4.39 Å². The molecule has 5 heteroatoms. The minimum Gasteiger partial charge on any atom is -0.353 e. The number of halogens is 2. The Morgan fingerprint density at radius 3 is 2.80 bits per heavy atom. The zero-order valence-electron chi connectivity index (χ0n) is 16.3. The standard InChI is InChI=1S/C25H20ClFN2S/c26-20-7-3-1-5-16(20)18-14-28-25(11-12-30-22-10-9-15(27)13-19(22)25)24-23(18)17-6-2-4-8-21(17)29-24/h1-10,13,18,28-29H,11-12,14H2/p+1/t18-,25-/m1/s1. The van der Waals surface area contributed by atoms with Gasteiger partial charge in [0.15, 0.2) is 5.54 Å². The van der Waals surface area contributed by atoms with Crippen LogP contribution in [0, 0.1) is 5.82 Å². The molecule has 0 aliphatic carbocycles. The molecule has 0 saturated heterocycles. The SMILES string of the molecule is Fc1ccc2c(c1)[C@@]1(CCS2)[NH2+]C[C@H](c2ccccc2Cl)c2c1[nH]c1ccccc21. The van der Waals surface area contributed by atoms with Crippen LogP contribution < -0.4 is 5.32 Å². The molecule has 4 aromatic rings. The van der Waals surface area contributed by atoms with E-state index in [4.69, 9.17) is 11.6 Å². The highest BCUT2D eigenvalue weighted by Crippen LogP contribution is 2.48. The van der Waals surface area contributed by atoms with Gasteiger partial charge in [0.1, 0.15) is 5.82 Å². The summed E-state index contributed by atoms with van der Waals surface area (Å²) in [6, 6.07) is 21.9. The van der Waals surface area contributed by atoms with Crippen molar-refractivity contribution in [3.8, 4) is 0 Å². The van der Waals surface area contributed by atoms with Gasteiger partial charge in [-0.3, -0.25) is 0 Å². The number of benzene rings is 3. The van der Waals surface area contributed by atoms with Gasteiger partial charge in [-0.25, -0.2) is 4.39 Å². The summed E-state index contributed by atoms with van der Waals surface area (Å²) >= 11 is 8.47. The van der Waals surface area contributed by atoms with Crippen LogP contribution in [0.5, 0.6) is 0 Å². The third kappa shape index (κ3) is 2.60. The van der Waals surface area contributed by atoms with Crippen molar-refractivity contribution in [1.82, 2.24) is 4.98 Å². The van der Waals surface area contributed by atoms with Crippen LogP contribution in [0.25, 0.3) is 10.9 Å². The predicted molar refractivity (Wildman–Crippen MR) is 121 cm³/mol. The Kier molecular flexibility index (Phi) is 4.24. The molecule has 150 valence electrons. The van der Waals surface area contributed by atoms with Gasteiger partial charge >= 0.3 is 0 Å². The molecule has 2 aliphatic rings. The average molecular weight is 436 g/mol. The summed E-state index contributed by atoms with van der Waals surface area (Å²) in [5, 5.41) is 4.45. The summed E-state index contributed by atoms with van der Waals surface area (Å²) < 4.78 is 14.4. The van der Waals surface area contributed by atoms with Crippen LogP contribution in [-0.2, 0) is 5.54 Å². The zero-order chi connectivity index (χ0) is 20.3. The van der Waals surface area contributed by atoms with Gasteiger partial charge in [-0.1, -0.05) is 48.0 Å². The zero-order valence-corrected chi connectivity index (χ0v) is 17.9. The van der Waals surface area contributed by atoms with Crippen LogP contribution in [0.1, 0.15) is 34.7 Å². The van der Waals surface area contributed by atoms with Gasteiger partial charge in [0.2, 0.25) is 0 Å². The van der Waals surface area contributed by atoms with Crippen LogP contribution >= 0.6 is 23.4 Å². The molecule has 2 aliphatic heterocycles. The van der Waals surface area contributed by atoms with Crippen molar-refractivity contribution in [2.24, 2.45) is 0 Å². The van der Waals surface area contributed by atoms with Crippen molar-refractivity contribution in [2.45, 2.75) is 22.8 Å². The molecule has 3 heterocycles. The number of fused-ring (bicyclic) bond motifs is 6. The van der Waals surface area contributed by atoms with Crippen molar-refractivity contribution < 1.29 is 9.71 Å². The molecular weight excluding hydrogens is 415 g/mol. The molecule has 2 nitrogen and oxygen atoms in total. The number of H-pyrrole nitrogens is 1. The van der Waals surface area contributed by atoms with Crippen LogP contribution in [-0.4, -0.2) is 17.3 Å². The van der Waals surface area contributed by atoms with E-state index in [-0.39, 0.29) is 17.3 Å². The highest BCUT2D eigenvalue weighted by Gasteiger charge is 2.50. The first-order valence-electron chi connectivity index (χ1n) is 10.3. The van der Waals surface area contributed by atoms with E-state index < -0.39 is 0 Å². The van der Waals surface area contributed by atoms with Crippen LogP contribution in [0.4, 0.5) is 4.39 Å². The second-order valence-electron chi connectivity index (χ2n) is 8.18. The lowest BCUT2D eigenvalue weighted by atomic mass is 9.74. The smallest absolute Gasteiger partial charge is 0.164 e. The maximum atomic E-state index is 14.4. The summed E-state index contributed by atoms with van der Waals surface area (Å²) in [5.41, 5.74) is 5.58. The van der Waals surface area contributed by atoms with Gasteiger partial charge in [-0.2, -0.15) is 0 Å². The minimum absolute atomic E-state index is 0.171. The molecule has 1 spiro atoms. The number of para-hydroxylation sites is 1. The van der Waals surface area contributed by atoms with Gasteiger partial charge in [0.05, 0.1) is 18.2 Å². The van der Waals surface area contributed by atoms with E-state index in [1.54, 1.807) is 12.1 Å². The lowest BCUT2D eigenvalue weighted by molar-refractivity contribution is -0.732. The molecular formula is C25H21ClFN2S+. The van der Waals surface area contributed by atoms with Gasteiger partial charge in [0.25, 0.3) is 0 Å². The third-order valence-electron chi connectivity index (χ3n) is 6.70. The Labute approximate surface area is 183 Å². The number of quaternary nitrogens is 1. The fourth-order valence-corrected chi connectivity index (χ4v) is 6.83. The maximum absolute atomic E-state index is 14.4. The summed E-state index contributed by atoms with van der Waals surface area (Å²) in [7, 11) is 0. The van der Waals surface area contributed by atoms with Gasteiger partial charge in [-0.15, -0.1) is 11.8 Å². The Morgan fingerprint density at radius 2 is 1.90 bits per heavy atom. The number of nitrogens with one attached hydrogen (secondary N) is 1. The topological polar surface area (TPSA) is 32.4 Å². The van der Waals surface area contributed by atoms with Gasteiger partial charge in [0, 0.05) is 44.1 Å². The molecule has 0 amide bonds. The molecule has 1 aromatic heterocycles. The van der Waals surface area contributed by atoms with Gasteiger partial charge < -0.3 is 10.3 Å². The maximum Gasteiger partial charge on any atom is 0.164 e. The second kappa shape index (κ2) is 6.88. The molecule has 3 N–H and O–H groups in total. The Balaban J connectivity index is 1.65. The fraction of sp³-hybridized carbons (Fsp3) is 0.200. The summed E-state index contributed by atoms with van der Waals surface area (Å²) in [6.45, 7) is 0.874. The number of hydrogen-bond donors (Lipinski definition) is 2. The Hall–Kier alpha value is -2.27. The van der Waals surface area contributed by atoms with Crippen molar-refractivity contribution in [3.63, 3.8) is 0 Å². The van der Waals surface area contributed by atoms with E-state index in [2.05, 4.69) is 46.7 Å². The number of rotatable bonds is 1. The lowest BCUT2D eigenvalue weighted by Crippen LogP contribution is -2.98. The average Bonchev–Trinajstić information content (AvgIpc) is 3.16. The Morgan fingerprint density at radius 1 is 1.07 bits per heavy atom. The van der Waals surface area contributed by atoms with Crippen molar-refractivity contribution >= 4 is 34.3 Å². The molecule has 30 heavy (non-hydrogen) atoms.